The summed E-state index contributed by atoms with van der Waals surface area (Å²) in [5, 5.41) is 16.4. The Hall–Kier alpha value is -0.940. The Morgan fingerprint density at radius 2 is 2.29 bits per heavy atom. The number of rotatable bonds is 2. The molecule has 76 valence electrons. The number of hydrogen-bond acceptors (Lipinski definition) is 5. The van der Waals surface area contributed by atoms with Crippen molar-refractivity contribution in [3.05, 3.63) is 11.7 Å². The predicted octanol–water partition coefficient (Wildman–Crippen LogP) is 0.342. The monoisotopic (exact) mass is 195 g/mol. The molecule has 0 spiro atoms. The van der Waals surface area contributed by atoms with Crippen LogP contribution in [0.1, 0.15) is 42.9 Å². The van der Waals surface area contributed by atoms with Crippen LogP contribution in [0, 0.1) is 0 Å². The number of β-amino-alcohol motifs (C(OH)–C–C–N with tert-alkyl or cyclic N) is 1. The van der Waals surface area contributed by atoms with E-state index < -0.39 is 0 Å². The molecule has 0 radical (unpaired) electrons. The molecule has 2 aliphatic rings. The molecule has 1 aliphatic heterocycles. The molecule has 1 aliphatic carbocycles. The highest BCUT2D eigenvalue weighted by Crippen LogP contribution is 2.38. The molecule has 1 saturated heterocycles. The van der Waals surface area contributed by atoms with Crippen LogP contribution in [0.25, 0.3) is 0 Å². The SMILES string of the molecule is OC1CNC(c2nc(C3CC3)no2)C1. The highest BCUT2D eigenvalue weighted by molar-refractivity contribution is 5.06. The van der Waals surface area contributed by atoms with Crippen LogP contribution in [-0.4, -0.2) is 27.9 Å². The molecule has 1 aromatic heterocycles. The fraction of sp³-hybridized carbons (Fsp3) is 0.778. The summed E-state index contributed by atoms with van der Waals surface area (Å²) >= 11 is 0. The number of aliphatic hydroxyl groups excluding tert-OH is 1. The van der Waals surface area contributed by atoms with Gasteiger partial charge in [0.2, 0.25) is 5.89 Å². The smallest absolute Gasteiger partial charge is 0.243 e. The fourth-order valence-corrected chi connectivity index (χ4v) is 1.80. The first-order chi connectivity index (χ1) is 6.83. The topological polar surface area (TPSA) is 71.2 Å². The number of aliphatic hydroxyl groups is 1. The Kier molecular flexibility index (Phi) is 1.81. The number of hydrogen-bond donors (Lipinski definition) is 2. The molecule has 5 heteroatoms. The first-order valence-corrected chi connectivity index (χ1v) is 5.08. The van der Waals surface area contributed by atoms with E-state index in [2.05, 4.69) is 15.5 Å². The Morgan fingerprint density at radius 3 is 2.93 bits per heavy atom. The summed E-state index contributed by atoms with van der Waals surface area (Å²) in [6.45, 7) is 0.617. The molecule has 1 aromatic rings. The van der Waals surface area contributed by atoms with Gasteiger partial charge in [0.05, 0.1) is 12.1 Å². The van der Waals surface area contributed by atoms with E-state index in [1.54, 1.807) is 0 Å². The van der Waals surface area contributed by atoms with Crippen molar-refractivity contribution < 1.29 is 9.63 Å². The lowest BCUT2D eigenvalue weighted by Gasteiger charge is -2.01. The molecule has 2 atom stereocenters. The molecule has 2 unspecified atom stereocenters. The van der Waals surface area contributed by atoms with Gasteiger partial charge in [-0.1, -0.05) is 5.16 Å². The van der Waals surface area contributed by atoms with Crippen LogP contribution in [0.3, 0.4) is 0 Å². The third-order valence-electron chi connectivity index (χ3n) is 2.81. The van der Waals surface area contributed by atoms with Gasteiger partial charge in [0.15, 0.2) is 5.82 Å². The van der Waals surface area contributed by atoms with Gasteiger partial charge in [0.1, 0.15) is 0 Å². The van der Waals surface area contributed by atoms with E-state index in [0.717, 1.165) is 5.82 Å². The second-order valence-electron chi connectivity index (χ2n) is 4.12. The fourth-order valence-electron chi connectivity index (χ4n) is 1.80. The second-order valence-corrected chi connectivity index (χ2v) is 4.12. The van der Waals surface area contributed by atoms with E-state index in [1.165, 1.54) is 12.8 Å². The zero-order valence-electron chi connectivity index (χ0n) is 7.81. The average molecular weight is 195 g/mol. The normalized spacial score (nSPS) is 32.4. The van der Waals surface area contributed by atoms with Gasteiger partial charge in [0, 0.05) is 12.5 Å². The van der Waals surface area contributed by atoms with Crippen LogP contribution in [0.5, 0.6) is 0 Å². The summed E-state index contributed by atoms with van der Waals surface area (Å²) in [4.78, 5) is 4.34. The first-order valence-electron chi connectivity index (χ1n) is 5.08. The molecule has 3 rings (SSSR count). The van der Waals surface area contributed by atoms with Crippen molar-refractivity contribution in [1.29, 1.82) is 0 Å². The predicted molar refractivity (Wildman–Crippen MR) is 47.6 cm³/mol. The van der Waals surface area contributed by atoms with Crippen LogP contribution in [-0.2, 0) is 0 Å². The van der Waals surface area contributed by atoms with Crippen molar-refractivity contribution in [2.45, 2.75) is 37.3 Å². The van der Waals surface area contributed by atoms with Crippen LogP contribution < -0.4 is 5.32 Å². The van der Waals surface area contributed by atoms with Gasteiger partial charge < -0.3 is 14.9 Å². The van der Waals surface area contributed by atoms with Gasteiger partial charge in [-0.2, -0.15) is 4.98 Å². The van der Waals surface area contributed by atoms with E-state index in [4.69, 9.17) is 4.52 Å². The van der Waals surface area contributed by atoms with Crippen molar-refractivity contribution >= 4 is 0 Å². The summed E-state index contributed by atoms with van der Waals surface area (Å²) in [7, 11) is 0. The largest absolute Gasteiger partial charge is 0.392 e. The molecule has 0 bridgehead atoms. The zero-order valence-corrected chi connectivity index (χ0v) is 7.81. The maximum absolute atomic E-state index is 9.34. The van der Waals surface area contributed by atoms with E-state index in [1.807, 2.05) is 0 Å². The third-order valence-corrected chi connectivity index (χ3v) is 2.81. The molecule has 0 aromatic carbocycles. The van der Waals surface area contributed by atoms with Crippen molar-refractivity contribution in [2.75, 3.05) is 6.54 Å². The maximum Gasteiger partial charge on any atom is 0.243 e. The molecule has 1 saturated carbocycles. The summed E-state index contributed by atoms with van der Waals surface area (Å²) in [5.74, 6) is 1.99. The minimum Gasteiger partial charge on any atom is -0.392 e. The third kappa shape index (κ3) is 1.42. The molecule has 14 heavy (non-hydrogen) atoms. The van der Waals surface area contributed by atoms with E-state index in [9.17, 15) is 5.11 Å². The summed E-state index contributed by atoms with van der Waals surface area (Å²) in [5.41, 5.74) is 0. The van der Waals surface area contributed by atoms with E-state index in [-0.39, 0.29) is 12.1 Å². The lowest BCUT2D eigenvalue weighted by Crippen LogP contribution is -2.15. The molecule has 2 fully saturated rings. The summed E-state index contributed by atoms with van der Waals surface area (Å²) in [6, 6.07) is 0.0463. The van der Waals surface area contributed by atoms with Crippen molar-refractivity contribution in [3.8, 4) is 0 Å². The standard InChI is InChI=1S/C9H13N3O2/c13-6-3-7(10-4-6)9-11-8(12-14-9)5-1-2-5/h5-7,10,13H,1-4H2. The van der Waals surface area contributed by atoms with Crippen molar-refractivity contribution in [1.82, 2.24) is 15.5 Å². The Labute approximate surface area is 81.5 Å². The van der Waals surface area contributed by atoms with E-state index in [0.29, 0.717) is 24.8 Å². The van der Waals surface area contributed by atoms with Gasteiger partial charge >= 0.3 is 0 Å². The maximum atomic E-state index is 9.34. The van der Waals surface area contributed by atoms with Gasteiger partial charge in [-0.05, 0) is 19.3 Å². The van der Waals surface area contributed by atoms with Gasteiger partial charge in [-0.25, -0.2) is 0 Å². The van der Waals surface area contributed by atoms with Gasteiger partial charge in [0.25, 0.3) is 0 Å². The number of aromatic nitrogens is 2. The molecule has 5 nitrogen and oxygen atoms in total. The van der Waals surface area contributed by atoms with Gasteiger partial charge in [-0.15, -0.1) is 0 Å². The van der Waals surface area contributed by atoms with Crippen molar-refractivity contribution in [3.63, 3.8) is 0 Å². The first kappa shape index (κ1) is 8.38. The highest BCUT2D eigenvalue weighted by Gasteiger charge is 2.32. The van der Waals surface area contributed by atoms with Gasteiger partial charge in [-0.3, -0.25) is 0 Å². The zero-order chi connectivity index (χ0) is 9.54. The quantitative estimate of drug-likeness (QED) is 0.712. The van der Waals surface area contributed by atoms with Crippen LogP contribution in [0.4, 0.5) is 0 Å². The van der Waals surface area contributed by atoms with Crippen LogP contribution in [0.15, 0.2) is 4.52 Å². The lowest BCUT2D eigenvalue weighted by molar-refractivity contribution is 0.191. The van der Waals surface area contributed by atoms with Crippen LogP contribution >= 0.6 is 0 Å². The highest BCUT2D eigenvalue weighted by atomic mass is 16.5. The molecule has 0 amide bonds. The minimum absolute atomic E-state index is 0.0463. The summed E-state index contributed by atoms with van der Waals surface area (Å²) < 4.78 is 5.16. The Bertz CT molecular complexity index is 335. The Morgan fingerprint density at radius 1 is 1.43 bits per heavy atom. The number of nitrogens with one attached hydrogen (secondary N) is 1. The van der Waals surface area contributed by atoms with Crippen LogP contribution in [0.2, 0.25) is 0 Å². The molecular weight excluding hydrogens is 182 g/mol. The lowest BCUT2D eigenvalue weighted by atomic mass is 10.2. The Balaban J connectivity index is 1.75. The second kappa shape index (κ2) is 3.03. The molecule has 2 heterocycles. The molecule has 2 N–H and O–H groups in total. The number of nitrogens with zero attached hydrogens (tertiary/aromatic N) is 2. The van der Waals surface area contributed by atoms with Crippen molar-refractivity contribution in [2.24, 2.45) is 0 Å². The summed E-state index contributed by atoms with van der Waals surface area (Å²) in [6.07, 6.45) is 2.75. The van der Waals surface area contributed by atoms with E-state index >= 15 is 0 Å². The average Bonchev–Trinajstić information content (AvgIpc) is 2.76. The minimum atomic E-state index is -0.281. The molecular formula is C9H13N3O2.